The molecule has 0 aromatic heterocycles. The highest BCUT2D eigenvalue weighted by atomic mass is 19.1. The number of benzene rings is 2. The number of nitrogens with one attached hydrogen (secondary N) is 2. The molecule has 7 nitrogen and oxygen atoms in total. The van der Waals surface area contributed by atoms with E-state index in [1.165, 1.54) is 42.5 Å². The van der Waals surface area contributed by atoms with Crippen LogP contribution < -0.4 is 15.6 Å². The molecule has 2 aromatic rings. The maximum absolute atomic E-state index is 13.4. The van der Waals surface area contributed by atoms with Crippen LogP contribution in [0.2, 0.25) is 0 Å². The van der Waals surface area contributed by atoms with E-state index in [2.05, 4.69) is 10.9 Å². The highest BCUT2D eigenvalue weighted by Crippen LogP contribution is 2.13. The van der Waals surface area contributed by atoms with Gasteiger partial charge in [0.2, 0.25) is 0 Å². The summed E-state index contributed by atoms with van der Waals surface area (Å²) in [6.07, 6.45) is 0. The zero-order valence-corrected chi connectivity index (χ0v) is 14.0. The lowest BCUT2D eigenvalue weighted by Gasteiger charge is -2.09. The number of carbonyl (C=O) groups excluding carboxylic acids is 3. The van der Waals surface area contributed by atoms with Crippen LogP contribution in [0, 0.1) is 5.82 Å². The van der Waals surface area contributed by atoms with Crippen molar-refractivity contribution in [1.29, 1.82) is 0 Å². The van der Waals surface area contributed by atoms with Gasteiger partial charge in [0.05, 0.1) is 17.7 Å². The lowest BCUT2D eigenvalue weighted by atomic mass is 10.2. The van der Waals surface area contributed by atoms with Crippen molar-refractivity contribution in [3.8, 4) is 5.75 Å². The summed E-state index contributed by atoms with van der Waals surface area (Å²) in [5.74, 6) is -2.21. The van der Waals surface area contributed by atoms with E-state index < -0.39 is 23.6 Å². The highest BCUT2D eigenvalue weighted by molar-refractivity contribution is 5.95. The summed E-state index contributed by atoms with van der Waals surface area (Å²) in [6.45, 7) is 1.60. The Morgan fingerprint density at radius 2 is 1.69 bits per heavy atom. The summed E-state index contributed by atoms with van der Waals surface area (Å²) in [5.41, 5.74) is 4.39. The van der Waals surface area contributed by atoms with Crippen LogP contribution in [0.3, 0.4) is 0 Å². The van der Waals surface area contributed by atoms with Gasteiger partial charge in [0.15, 0.2) is 6.61 Å². The molecule has 0 saturated heterocycles. The number of rotatable bonds is 6. The monoisotopic (exact) mass is 360 g/mol. The third kappa shape index (κ3) is 5.30. The van der Waals surface area contributed by atoms with Gasteiger partial charge in [-0.2, -0.15) is 0 Å². The third-order valence-electron chi connectivity index (χ3n) is 3.17. The van der Waals surface area contributed by atoms with Crippen molar-refractivity contribution in [2.24, 2.45) is 0 Å². The summed E-state index contributed by atoms with van der Waals surface area (Å²) in [4.78, 5) is 34.9. The molecule has 0 atom stereocenters. The van der Waals surface area contributed by atoms with Crippen molar-refractivity contribution in [3.05, 3.63) is 65.5 Å². The zero-order chi connectivity index (χ0) is 18.9. The molecule has 2 amide bonds. The van der Waals surface area contributed by atoms with Crippen LogP contribution in [0.15, 0.2) is 48.5 Å². The Kier molecular flexibility index (Phi) is 6.67. The average Bonchev–Trinajstić information content (AvgIpc) is 2.65. The van der Waals surface area contributed by atoms with E-state index in [9.17, 15) is 18.8 Å². The van der Waals surface area contributed by atoms with E-state index in [1.54, 1.807) is 6.92 Å². The maximum Gasteiger partial charge on any atom is 0.338 e. The molecule has 136 valence electrons. The fourth-order valence-electron chi connectivity index (χ4n) is 1.93. The normalized spacial score (nSPS) is 9.92. The van der Waals surface area contributed by atoms with Gasteiger partial charge < -0.3 is 9.47 Å². The first-order valence-electron chi connectivity index (χ1n) is 7.75. The summed E-state index contributed by atoms with van der Waals surface area (Å²) in [7, 11) is 0. The van der Waals surface area contributed by atoms with Gasteiger partial charge in [-0.15, -0.1) is 0 Å². The molecule has 0 aliphatic rings. The van der Waals surface area contributed by atoms with Gasteiger partial charge >= 0.3 is 5.97 Å². The molecule has 0 unspecified atom stereocenters. The zero-order valence-electron chi connectivity index (χ0n) is 14.0. The molecular formula is C18H17FN2O5. The lowest BCUT2D eigenvalue weighted by Crippen LogP contribution is -2.44. The first kappa shape index (κ1) is 18.9. The number of ether oxygens (including phenoxy) is 2. The van der Waals surface area contributed by atoms with E-state index in [-0.39, 0.29) is 18.8 Å². The standard InChI is InChI=1S/C18H17FN2O5/c1-2-25-18(24)12-7-9-13(10-8-12)26-11-16(22)20-21-17(23)14-5-3-4-6-15(14)19/h3-10H,2,11H2,1H3,(H,20,22)(H,21,23). The van der Waals surface area contributed by atoms with E-state index in [0.717, 1.165) is 6.07 Å². The molecule has 8 heteroatoms. The molecule has 0 bridgehead atoms. The van der Waals surface area contributed by atoms with Gasteiger partial charge in [-0.05, 0) is 43.3 Å². The minimum atomic E-state index is -0.782. The predicted molar refractivity (Wildman–Crippen MR) is 89.9 cm³/mol. The molecule has 0 heterocycles. The molecule has 0 saturated carbocycles. The molecule has 2 N–H and O–H groups in total. The molecule has 0 aliphatic heterocycles. The summed E-state index contributed by atoms with van der Waals surface area (Å²) < 4.78 is 23.5. The molecule has 2 rings (SSSR count). The summed E-state index contributed by atoms with van der Waals surface area (Å²) >= 11 is 0. The fourth-order valence-corrected chi connectivity index (χ4v) is 1.93. The predicted octanol–water partition coefficient (Wildman–Crippen LogP) is 1.84. The Morgan fingerprint density at radius 3 is 2.35 bits per heavy atom. The molecule has 0 radical (unpaired) electrons. The average molecular weight is 360 g/mol. The Labute approximate surface area is 149 Å². The minimum Gasteiger partial charge on any atom is -0.484 e. The topological polar surface area (TPSA) is 93.7 Å². The number of hydrogen-bond donors (Lipinski definition) is 2. The number of halogens is 1. The lowest BCUT2D eigenvalue weighted by molar-refractivity contribution is -0.123. The van der Waals surface area contributed by atoms with Crippen LogP contribution in [0.4, 0.5) is 4.39 Å². The van der Waals surface area contributed by atoms with E-state index in [1.807, 2.05) is 0 Å². The summed E-state index contributed by atoms with van der Waals surface area (Å²) in [5, 5.41) is 0. The Hall–Kier alpha value is -3.42. The minimum absolute atomic E-state index is 0.191. The van der Waals surface area contributed by atoms with Crippen molar-refractivity contribution in [1.82, 2.24) is 10.9 Å². The molecule has 26 heavy (non-hydrogen) atoms. The van der Waals surface area contributed by atoms with Crippen LogP contribution in [0.5, 0.6) is 5.75 Å². The first-order valence-corrected chi connectivity index (χ1v) is 7.75. The number of hydrazine groups is 1. The molecule has 2 aromatic carbocycles. The Balaban J connectivity index is 1.79. The van der Waals surface area contributed by atoms with Crippen molar-refractivity contribution in [3.63, 3.8) is 0 Å². The van der Waals surface area contributed by atoms with Crippen LogP contribution in [0.25, 0.3) is 0 Å². The molecular weight excluding hydrogens is 343 g/mol. The number of esters is 1. The van der Waals surface area contributed by atoms with E-state index >= 15 is 0 Å². The van der Waals surface area contributed by atoms with Gasteiger partial charge in [-0.25, -0.2) is 9.18 Å². The molecule has 0 aliphatic carbocycles. The van der Waals surface area contributed by atoms with Crippen LogP contribution in [0.1, 0.15) is 27.6 Å². The maximum atomic E-state index is 13.4. The van der Waals surface area contributed by atoms with Crippen molar-refractivity contribution < 1.29 is 28.2 Å². The largest absolute Gasteiger partial charge is 0.484 e. The van der Waals surface area contributed by atoms with Crippen LogP contribution >= 0.6 is 0 Å². The molecule has 0 spiro atoms. The molecule has 0 fully saturated rings. The SMILES string of the molecule is CCOC(=O)c1ccc(OCC(=O)NNC(=O)c2ccccc2F)cc1. The van der Waals surface area contributed by atoms with Crippen molar-refractivity contribution >= 4 is 17.8 Å². The smallest absolute Gasteiger partial charge is 0.338 e. The van der Waals surface area contributed by atoms with Crippen LogP contribution in [-0.2, 0) is 9.53 Å². The number of hydrogen-bond acceptors (Lipinski definition) is 5. The van der Waals surface area contributed by atoms with Gasteiger partial charge in [0, 0.05) is 0 Å². The van der Waals surface area contributed by atoms with Crippen LogP contribution in [-0.4, -0.2) is 31.0 Å². The second-order valence-corrected chi connectivity index (χ2v) is 5.02. The summed E-state index contributed by atoms with van der Waals surface area (Å²) in [6, 6.07) is 11.4. The van der Waals surface area contributed by atoms with Gasteiger partial charge in [-0.1, -0.05) is 12.1 Å². The Bertz CT molecular complexity index is 792. The quantitative estimate of drug-likeness (QED) is 0.606. The van der Waals surface area contributed by atoms with E-state index in [4.69, 9.17) is 9.47 Å². The van der Waals surface area contributed by atoms with Gasteiger partial charge in [0.25, 0.3) is 11.8 Å². The van der Waals surface area contributed by atoms with Crippen molar-refractivity contribution in [2.75, 3.05) is 13.2 Å². The van der Waals surface area contributed by atoms with Crippen molar-refractivity contribution in [2.45, 2.75) is 6.92 Å². The number of amides is 2. The third-order valence-corrected chi connectivity index (χ3v) is 3.17. The second kappa shape index (κ2) is 9.16. The highest BCUT2D eigenvalue weighted by Gasteiger charge is 2.12. The van der Waals surface area contributed by atoms with E-state index in [0.29, 0.717) is 11.3 Å². The fraction of sp³-hybridized carbons (Fsp3) is 0.167. The van der Waals surface area contributed by atoms with Gasteiger partial charge in [0.1, 0.15) is 11.6 Å². The first-order chi connectivity index (χ1) is 12.5. The Morgan fingerprint density at radius 1 is 1.00 bits per heavy atom. The number of carbonyl (C=O) groups is 3. The van der Waals surface area contributed by atoms with Gasteiger partial charge in [-0.3, -0.25) is 20.4 Å². The second-order valence-electron chi connectivity index (χ2n) is 5.02.